The lowest BCUT2D eigenvalue weighted by atomic mass is 9.90. The maximum Gasteiger partial charge on any atom is 0.430 e. The number of hydrogen-bond acceptors (Lipinski definition) is 3. The second kappa shape index (κ2) is 10.3. The molecule has 1 fully saturated rings. The Balaban J connectivity index is 1.17. The van der Waals surface area contributed by atoms with Crippen molar-refractivity contribution in [2.45, 2.75) is 31.0 Å². The van der Waals surface area contributed by atoms with Crippen LogP contribution in [0.2, 0.25) is 0 Å². The molecule has 0 radical (unpaired) electrons. The summed E-state index contributed by atoms with van der Waals surface area (Å²) in [6.07, 6.45) is -9.88. The Morgan fingerprint density at radius 3 is 1.67 bits per heavy atom. The van der Waals surface area contributed by atoms with Gasteiger partial charge < -0.3 is 10.1 Å². The van der Waals surface area contributed by atoms with Crippen LogP contribution in [0.1, 0.15) is 16.7 Å². The molecular formula is C29H27F6N3O. The summed E-state index contributed by atoms with van der Waals surface area (Å²) in [4.78, 5) is 8.02. The van der Waals surface area contributed by atoms with Gasteiger partial charge in [0, 0.05) is 56.5 Å². The number of benzene rings is 3. The number of aromatic nitrogens is 1. The van der Waals surface area contributed by atoms with E-state index in [1.165, 1.54) is 10.9 Å². The number of aliphatic hydroxyl groups is 1. The van der Waals surface area contributed by atoms with Gasteiger partial charge in [-0.25, -0.2) is 0 Å². The fourth-order valence-electron chi connectivity index (χ4n) is 5.01. The zero-order valence-corrected chi connectivity index (χ0v) is 20.9. The van der Waals surface area contributed by atoms with Crippen molar-refractivity contribution in [3.63, 3.8) is 0 Å². The van der Waals surface area contributed by atoms with Gasteiger partial charge in [-0.15, -0.1) is 0 Å². The average molecular weight is 548 g/mol. The summed E-state index contributed by atoms with van der Waals surface area (Å²) in [7, 11) is 0. The second-order valence-electron chi connectivity index (χ2n) is 9.93. The topological polar surface area (TPSA) is 42.5 Å². The molecule has 4 nitrogen and oxygen atoms in total. The third kappa shape index (κ3) is 5.54. The van der Waals surface area contributed by atoms with Crippen molar-refractivity contribution in [3.8, 4) is 11.1 Å². The Labute approximate surface area is 221 Å². The number of rotatable bonds is 6. The van der Waals surface area contributed by atoms with Gasteiger partial charge in [-0.3, -0.25) is 9.80 Å². The number of alkyl halides is 6. The van der Waals surface area contributed by atoms with Crippen LogP contribution in [0.4, 0.5) is 26.3 Å². The Kier molecular flexibility index (Phi) is 7.21. The lowest BCUT2D eigenvalue weighted by Crippen LogP contribution is -2.53. The molecule has 1 aliphatic heterocycles. The normalized spacial score (nSPS) is 16.2. The number of aromatic amines is 1. The molecule has 5 rings (SSSR count). The number of nitrogens with zero attached hydrogens (tertiary/aromatic N) is 2. The summed E-state index contributed by atoms with van der Waals surface area (Å²) < 4.78 is 78.8. The highest BCUT2D eigenvalue weighted by Crippen LogP contribution is 2.50. The van der Waals surface area contributed by atoms with Crippen molar-refractivity contribution >= 4 is 10.9 Å². The van der Waals surface area contributed by atoms with Gasteiger partial charge in [-0.2, -0.15) is 26.3 Å². The van der Waals surface area contributed by atoms with E-state index < -0.39 is 23.5 Å². The molecule has 3 aromatic carbocycles. The zero-order valence-electron chi connectivity index (χ0n) is 20.9. The lowest BCUT2D eigenvalue weighted by molar-refractivity contribution is -0.376. The monoisotopic (exact) mass is 547 g/mol. The van der Waals surface area contributed by atoms with Crippen LogP contribution in [0, 0.1) is 0 Å². The van der Waals surface area contributed by atoms with E-state index in [4.69, 9.17) is 0 Å². The minimum absolute atomic E-state index is 0.447. The predicted molar refractivity (Wildman–Crippen MR) is 137 cm³/mol. The van der Waals surface area contributed by atoms with Crippen molar-refractivity contribution in [3.05, 3.63) is 95.7 Å². The third-order valence-electron chi connectivity index (χ3n) is 7.31. The molecule has 4 aromatic rings. The van der Waals surface area contributed by atoms with E-state index in [2.05, 4.69) is 39.0 Å². The molecule has 10 heteroatoms. The molecule has 2 N–H and O–H groups in total. The first-order chi connectivity index (χ1) is 18.4. The van der Waals surface area contributed by atoms with E-state index in [9.17, 15) is 31.4 Å². The van der Waals surface area contributed by atoms with Gasteiger partial charge in [0.25, 0.3) is 5.60 Å². The molecule has 0 atom stereocenters. The first-order valence-electron chi connectivity index (χ1n) is 12.5. The maximum atomic E-state index is 13.1. The van der Waals surface area contributed by atoms with Gasteiger partial charge in [0.2, 0.25) is 0 Å². The van der Waals surface area contributed by atoms with Gasteiger partial charge in [0.15, 0.2) is 0 Å². The molecule has 1 aliphatic rings. The van der Waals surface area contributed by atoms with Crippen molar-refractivity contribution in [1.82, 2.24) is 14.8 Å². The summed E-state index contributed by atoms with van der Waals surface area (Å²) in [5, 5.41) is 10.8. The smallest absolute Gasteiger partial charge is 0.369 e. The van der Waals surface area contributed by atoms with Crippen LogP contribution in [0.5, 0.6) is 0 Å². The molecule has 0 unspecified atom stereocenters. The molecular weight excluding hydrogens is 520 g/mol. The second-order valence-corrected chi connectivity index (χ2v) is 9.93. The highest BCUT2D eigenvalue weighted by molar-refractivity contribution is 5.79. The molecule has 1 saturated heterocycles. The third-order valence-corrected chi connectivity index (χ3v) is 7.31. The van der Waals surface area contributed by atoms with E-state index in [1.54, 1.807) is 12.1 Å². The quantitative estimate of drug-likeness (QED) is 0.272. The van der Waals surface area contributed by atoms with Crippen LogP contribution in [0.25, 0.3) is 22.0 Å². The number of nitrogens with one attached hydrogen (secondary N) is 1. The Morgan fingerprint density at radius 1 is 0.641 bits per heavy atom. The minimum atomic E-state index is -5.91. The zero-order chi connectivity index (χ0) is 27.8. The van der Waals surface area contributed by atoms with Gasteiger partial charge in [0.05, 0.1) is 0 Å². The summed E-state index contributed by atoms with van der Waals surface area (Å²) >= 11 is 0. The van der Waals surface area contributed by atoms with Gasteiger partial charge >= 0.3 is 12.4 Å². The largest absolute Gasteiger partial charge is 0.430 e. The summed E-state index contributed by atoms with van der Waals surface area (Å²) in [6.45, 7) is 5.33. The van der Waals surface area contributed by atoms with E-state index >= 15 is 0 Å². The van der Waals surface area contributed by atoms with Crippen molar-refractivity contribution in [2.24, 2.45) is 0 Å². The molecule has 0 aliphatic carbocycles. The van der Waals surface area contributed by atoms with Crippen molar-refractivity contribution in [2.75, 3.05) is 26.2 Å². The van der Waals surface area contributed by atoms with E-state index in [1.807, 2.05) is 18.3 Å². The van der Waals surface area contributed by atoms with E-state index in [-0.39, 0.29) is 0 Å². The van der Waals surface area contributed by atoms with E-state index in [0.717, 1.165) is 62.5 Å². The van der Waals surface area contributed by atoms with Crippen molar-refractivity contribution < 1.29 is 31.4 Å². The van der Waals surface area contributed by atoms with Crippen LogP contribution < -0.4 is 0 Å². The molecule has 0 spiro atoms. The van der Waals surface area contributed by atoms with Crippen LogP contribution in [-0.2, 0) is 18.7 Å². The van der Waals surface area contributed by atoms with Crippen LogP contribution in [0.15, 0.2) is 79.0 Å². The predicted octanol–water partition coefficient (Wildman–Crippen LogP) is 6.46. The first-order valence-corrected chi connectivity index (χ1v) is 12.5. The molecule has 39 heavy (non-hydrogen) atoms. The lowest BCUT2D eigenvalue weighted by Gasteiger charge is -2.34. The standard InChI is InChI=1S/C29H27F6N3O/c30-28(31,32)27(39,29(33,34)35)25-9-7-23(8-10-25)22-4-1-20(2-5-22)18-37-13-15-38(16-14-37)19-21-3-6-24-11-12-36-26(24)17-21/h1-12,17,36,39H,13-16,18-19H2. The Hall–Kier alpha value is -3.34. The van der Waals surface area contributed by atoms with Crippen LogP contribution in [-0.4, -0.2) is 58.4 Å². The Morgan fingerprint density at radius 2 is 1.13 bits per heavy atom. The van der Waals surface area contributed by atoms with Crippen LogP contribution >= 0.6 is 0 Å². The minimum Gasteiger partial charge on any atom is -0.369 e. The SMILES string of the molecule is OC(c1ccc(-c2ccc(CN3CCN(Cc4ccc5cc[nH]c5c4)CC3)cc2)cc1)(C(F)(F)F)C(F)(F)F. The summed E-state index contributed by atoms with van der Waals surface area (Å²) in [6, 6.07) is 19.5. The molecule has 0 bridgehead atoms. The number of piperazine rings is 1. The molecule has 1 aromatic heterocycles. The maximum absolute atomic E-state index is 13.1. The molecule has 0 saturated carbocycles. The van der Waals surface area contributed by atoms with E-state index in [0.29, 0.717) is 23.3 Å². The van der Waals surface area contributed by atoms with Gasteiger partial charge in [-0.1, -0.05) is 60.7 Å². The van der Waals surface area contributed by atoms with Gasteiger partial charge in [0.1, 0.15) is 0 Å². The highest BCUT2D eigenvalue weighted by atomic mass is 19.4. The van der Waals surface area contributed by atoms with Crippen LogP contribution in [0.3, 0.4) is 0 Å². The number of fused-ring (bicyclic) bond motifs is 1. The molecule has 206 valence electrons. The summed E-state index contributed by atoms with van der Waals surface area (Å²) in [5.41, 5.74) is -1.64. The summed E-state index contributed by atoms with van der Waals surface area (Å²) in [5.74, 6) is 0. The number of hydrogen-bond donors (Lipinski definition) is 2. The van der Waals surface area contributed by atoms with Gasteiger partial charge in [-0.05, 0) is 39.8 Å². The fraction of sp³-hybridized carbons (Fsp3) is 0.310. The van der Waals surface area contributed by atoms with Crippen molar-refractivity contribution in [1.29, 1.82) is 0 Å². The first kappa shape index (κ1) is 27.2. The number of H-pyrrole nitrogens is 1. The fourth-order valence-corrected chi connectivity index (χ4v) is 5.01. The Bertz CT molecular complexity index is 1390. The average Bonchev–Trinajstić information content (AvgIpc) is 3.37. The molecule has 2 heterocycles. The number of halogens is 6. The highest BCUT2D eigenvalue weighted by Gasteiger charge is 2.71. The molecule has 0 amide bonds.